The van der Waals surface area contributed by atoms with Gasteiger partial charge in [-0.1, -0.05) is 5.16 Å². The molecule has 1 aliphatic rings. The van der Waals surface area contributed by atoms with Gasteiger partial charge in [0, 0.05) is 35.2 Å². The molecule has 0 aliphatic carbocycles. The van der Waals surface area contributed by atoms with Crippen molar-refractivity contribution in [1.82, 2.24) is 10.4 Å². The first-order valence-corrected chi connectivity index (χ1v) is 12.8. The highest BCUT2D eigenvalue weighted by molar-refractivity contribution is 14.1. The van der Waals surface area contributed by atoms with Crippen LogP contribution in [-0.2, 0) is 14.4 Å². The quantitative estimate of drug-likeness (QED) is 0.113. The monoisotopic (exact) mass is 652 g/mol. The Balaban J connectivity index is 2.03. The molecule has 2 aromatic carbocycles. The van der Waals surface area contributed by atoms with Gasteiger partial charge in [-0.05, 0) is 46.9 Å². The van der Waals surface area contributed by atoms with Gasteiger partial charge in [-0.3, -0.25) is 14.5 Å². The highest BCUT2D eigenvalue weighted by atomic mass is 127. The summed E-state index contributed by atoms with van der Waals surface area (Å²) in [7, 11) is 0. The Labute approximate surface area is 230 Å². The summed E-state index contributed by atoms with van der Waals surface area (Å²) in [6.07, 6.45) is 0.127. The highest BCUT2D eigenvalue weighted by Crippen LogP contribution is 2.31. The first-order chi connectivity index (χ1) is 18.3. The number of nitrogens with one attached hydrogen (secondary N) is 2. The summed E-state index contributed by atoms with van der Waals surface area (Å²) in [5, 5.41) is 24.3. The van der Waals surface area contributed by atoms with E-state index in [9.17, 15) is 9.18 Å². The molecule has 0 bridgehead atoms. The van der Waals surface area contributed by atoms with Crippen LogP contribution in [0.4, 0.5) is 24.5 Å². The summed E-state index contributed by atoms with van der Waals surface area (Å²) in [4.78, 5) is 24.9. The minimum absolute atomic E-state index is 0.00124. The summed E-state index contributed by atoms with van der Waals surface area (Å²) in [5.74, 6) is -4.50. The molecule has 0 atom stereocenters. The number of morpholine rings is 1. The smallest absolute Gasteiger partial charge is 0.277 e. The third-order valence-electron chi connectivity index (χ3n) is 5.44. The minimum atomic E-state index is -1.45. The van der Waals surface area contributed by atoms with Crippen LogP contribution in [0.15, 0.2) is 29.4 Å². The van der Waals surface area contributed by atoms with Crippen molar-refractivity contribution in [3.63, 3.8) is 0 Å². The molecule has 0 saturated carbocycles. The van der Waals surface area contributed by atoms with E-state index in [1.165, 1.54) is 12.1 Å². The van der Waals surface area contributed by atoms with E-state index < -0.39 is 41.2 Å². The van der Waals surface area contributed by atoms with Gasteiger partial charge in [0.1, 0.15) is 12.4 Å². The first-order valence-electron chi connectivity index (χ1n) is 11.7. The number of hydrogen-bond donors (Lipinski definition) is 4. The van der Waals surface area contributed by atoms with Crippen molar-refractivity contribution in [3.8, 4) is 0 Å². The number of carbonyl (C=O) groups excluding carboxylic acids is 1. The Hall–Kier alpha value is -2.50. The summed E-state index contributed by atoms with van der Waals surface area (Å²) < 4.78 is 51.4. The normalized spacial score (nSPS) is 14.4. The van der Waals surface area contributed by atoms with Crippen molar-refractivity contribution < 1.29 is 42.6 Å². The molecule has 1 heterocycles. The molecule has 1 fully saturated rings. The maximum Gasteiger partial charge on any atom is 0.277 e. The van der Waals surface area contributed by atoms with Crippen LogP contribution < -0.4 is 10.8 Å². The van der Waals surface area contributed by atoms with Crippen molar-refractivity contribution in [1.29, 1.82) is 0 Å². The average molecular weight is 652 g/mol. The lowest BCUT2D eigenvalue weighted by molar-refractivity contribution is 0.0168. The van der Waals surface area contributed by atoms with E-state index in [2.05, 4.69) is 10.5 Å². The molecule has 1 aliphatic heterocycles. The SMILES string of the molecule is O=C(NOCCO)c1cc(/C(CCN2CCOCC2)=N\OCCO)c(F)c(F)c1Nc1ccc(I)cc1F. The number of rotatable bonds is 13. The molecular formula is C24H28F3IN4O6. The molecule has 0 aromatic heterocycles. The fourth-order valence-corrected chi connectivity index (χ4v) is 4.02. The molecule has 2 aromatic rings. The van der Waals surface area contributed by atoms with Crippen molar-refractivity contribution in [3.05, 3.63) is 56.4 Å². The van der Waals surface area contributed by atoms with Crippen LogP contribution in [0, 0.1) is 21.0 Å². The molecule has 38 heavy (non-hydrogen) atoms. The average Bonchev–Trinajstić information content (AvgIpc) is 2.91. The predicted molar refractivity (Wildman–Crippen MR) is 141 cm³/mol. The van der Waals surface area contributed by atoms with Gasteiger partial charge in [0.15, 0.2) is 11.6 Å². The second-order valence-corrected chi connectivity index (χ2v) is 9.27. The van der Waals surface area contributed by atoms with Crippen LogP contribution in [0.3, 0.4) is 0 Å². The van der Waals surface area contributed by atoms with Gasteiger partial charge in [0.25, 0.3) is 5.91 Å². The fourth-order valence-electron chi connectivity index (χ4n) is 3.56. The van der Waals surface area contributed by atoms with Gasteiger partial charge in [-0.25, -0.2) is 18.7 Å². The Bertz CT molecular complexity index is 1130. The Morgan fingerprint density at radius 3 is 2.50 bits per heavy atom. The molecule has 10 nitrogen and oxygen atoms in total. The molecule has 0 unspecified atom stereocenters. The van der Waals surface area contributed by atoms with Crippen molar-refractivity contribution in [2.24, 2.45) is 5.16 Å². The predicted octanol–water partition coefficient (Wildman–Crippen LogP) is 2.54. The first kappa shape index (κ1) is 30.0. The topological polar surface area (TPSA) is 125 Å². The van der Waals surface area contributed by atoms with E-state index >= 15 is 8.78 Å². The zero-order valence-corrected chi connectivity index (χ0v) is 22.5. The van der Waals surface area contributed by atoms with Crippen LogP contribution in [0.25, 0.3) is 0 Å². The summed E-state index contributed by atoms with van der Waals surface area (Å²) in [6, 6.07) is 5.12. The summed E-state index contributed by atoms with van der Waals surface area (Å²) in [6.45, 7) is 1.58. The number of aliphatic hydroxyl groups is 2. The van der Waals surface area contributed by atoms with Crippen molar-refractivity contribution in [2.45, 2.75) is 6.42 Å². The number of ether oxygens (including phenoxy) is 1. The number of anilines is 2. The Kier molecular flexibility index (Phi) is 12.0. The van der Waals surface area contributed by atoms with Crippen LogP contribution in [0.2, 0.25) is 0 Å². The molecule has 0 radical (unpaired) electrons. The lowest BCUT2D eigenvalue weighted by Gasteiger charge is -2.26. The van der Waals surface area contributed by atoms with E-state index in [0.29, 0.717) is 36.4 Å². The standard InChI is InChI=1S/C24H28F3IN4O6/c25-18-13-15(28)1-2-20(18)29-23-17(24(35)31-38-12-8-34)14-16(21(26)22(23)27)19(30-37-11-7-33)3-4-32-5-9-36-10-6-32/h1-2,13-14,29,33-34H,3-12H2,(H,31,35)/b30-19-. The number of carbonyl (C=O) groups is 1. The third kappa shape index (κ3) is 8.25. The zero-order valence-electron chi connectivity index (χ0n) is 20.3. The second-order valence-electron chi connectivity index (χ2n) is 8.03. The van der Waals surface area contributed by atoms with Gasteiger partial charge in [-0.2, -0.15) is 0 Å². The van der Waals surface area contributed by atoms with Gasteiger partial charge < -0.3 is 25.1 Å². The van der Waals surface area contributed by atoms with Crippen LogP contribution in [0.5, 0.6) is 0 Å². The van der Waals surface area contributed by atoms with Gasteiger partial charge >= 0.3 is 0 Å². The number of nitrogens with zero attached hydrogens (tertiary/aromatic N) is 2. The third-order valence-corrected chi connectivity index (χ3v) is 6.11. The molecule has 1 saturated heterocycles. The van der Waals surface area contributed by atoms with E-state index in [4.69, 9.17) is 24.6 Å². The lowest BCUT2D eigenvalue weighted by atomic mass is 10.00. The van der Waals surface area contributed by atoms with E-state index in [0.717, 1.165) is 6.07 Å². The number of hydrogen-bond acceptors (Lipinski definition) is 9. The van der Waals surface area contributed by atoms with Gasteiger partial charge in [0.2, 0.25) is 0 Å². The molecular weight excluding hydrogens is 624 g/mol. The number of benzene rings is 2. The van der Waals surface area contributed by atoms with Gasteiger partial charge in [0.05, 0.1) is 55.7 Å². The van der Waals surface area contributed by atoms with Crippen LogP contribution >= 0.6 is 22.6 Å². The Morgan fingerprint density at radius 2 is 1.82 bits per heavy atom. The van der Waals surface area contributed by atoms with Crippen LogP contribution in [-0.4, -0.2) is 86.0 Å². The summed E-state index contributed by atoms with van der Waals surface area (Å²) in [5.41, 5.74) is 0.479. The number of amides is 1. The van der Waals surface area contributed by atoms with E-state index in [1.54, 1.807) is 6.07 Å². The number of halogens is 4. The fraction of sp³-hybridized carbons (Fsp3) is 0.417. The van der Waals surface area contributed by atoms with Crippen molar-refractivity contribution >= 4 is 45.6 Å². The molecule has 0 spiro atoms. The van der Waals surface area contributed by atoms with E-state index in [-0.39, 0.29) is 43.2 Å². The highest BCUT2D eigenvalue weighted by Gasteiger charge is 2.27. The number of hydroxylamine groups is 1. The van der Waals surface area contributed by atoms with Crippen molar-refractivity contribution in [2.75, 3.05) is 64.6 Å². The minimum Gasteiger partial charge on any atom is -0.394 e. The molecule has 4 N–H and O–H groups in total. The molecule has 1 amide bonds. The van der Waals surface area contributed by atoms with Gasteiger partial charge in [-0.15, -0.1) is 0 Å². The Morgan fingerprint density at radius 1 is 1.08 bits per heavy atom. The number of oxime groups is 1. The largest absolute Gasteiger partial charge is 0.394 e. The molecule has 14 heteroatoms. The second kappa shape index (κ2) is 15.2. The summed E-state index contributed by atoms with van der Waals surface area (Å²) >= 11 is 1.90. The molecule has 208 valence electrons. The maximum absolute atomic E-state index is 15.5. The van der Waals surface area contributed by atoms with Crippen LogP contribution in [0.1, 0.15) is 22.3 Å². The lowest BCUT2D eigenvalue weighted by Crippen LogP contribution is -2.37. The zero-order chi connectivity index (χ0) is 27.5. The number of aliphatic hydroxyl groups excluding tert-OH is 2. The molecule has 3 rings (SSSR count). The van der Waals surface area contributed by atoms with E-state index in [1.807, 2.05) is 33.0 Å². The maximum atomic E-state index is 15.5.